The fourth-order valence-corrected chi connectivity index (χ4v) is 2.88. The molecule has 2 aromatic rings. The molecule has 0 bridgehead atoms. The lowest BCUT2D eigenvalue weighted by molar-refractivity contribution is -0.120. The number of rotatable bonds is 5. The predicted molar refractivity (Wildman–Crippen MR) is 95.4 cm³/mol. The van der Waals surface area contributed by atoms with E-state index >= 15 is 0 Å². The van der Waals surface area contributed by atoms with E-state index in [0.717, 1.165) is 10.0 Å². The smallest absolute Gasteiger partial charge is 0.226 e. The van der Waals surface area contributed by atoms with E-state index in [0.29, 0.717) is 10.7 Å². The van der Waals surface area contributed by atoms with Crippen LogP contribution in [0.15, 0.2) is 53.0 Å². The normalized spacial score (nSPS) is 11.6. The zero-order valence-electron chi connectivity index (χ0n) is 12.5. The molecule has 2 amide bonds. The molecule has 0 aromatic heterocycles. The monoisotopic (exact) mass is 394 g/mol. The van der Waals surface area contributed by atoms with Gasteiger partial charge in [-0.05, 0) is 23.8 Å². The average molecular weight is 396 g/mol. The number of halogens is 2. The molecule has 0 heterocycles. The molecule has 4 nitrogen and oxygen atoms in total. The van der Waals surface area contributed by atoms with Gasteiger partial charge in [0.2, 0.25) is 11.8 Å². The van der Waals surface area contributed by atoms with Crippen molar-refractivity contribution in [1.82, 2.24) is 5.32 Å². The Kier molecular flexibility index (Phi) is 6.19. The molecular weight excluding hydrogens is 380 g/mol. The highest BCUT2D eigenvalue weighted by atomic mass is 79.9. The van der Waals surface area contributed by atoms with E-state index in [1.807, 2.05) is 30.3 Å². The Balaban J connectivity index is 2.09. The minimum absolute atomic E-state index is 0.121. The molecule has 1 atom stereocenters. The van der Waals surface area contributed by atoms with E-state index in [1.165, 1.54) is 6.92 Å². The van der Waals surface area contributed by atoms with E-state index in [1.54, 1.807) is 18.2 Å². The lowest BCUT2D eigenvalue weighted by atomic mass is 10.0. The molecule has 0 aliphatic heterocycles. The van der Waals surface area contributed by atoms with Crippen molar-refractivity contribution in [2.45, 2.75) is 19.4 Å². The summed E-state index contributed by atoms with van der Waals surface area (Å²) in [5, 5.41) is 6.01. The molecule has 1 unspecified atom stereocenters. The summed E-state index contributed by atoms with van der Waals surface area (Å²) in [6, 6.07) is 14.2. The number of anilines is 1. The van der Waals surface area contributed by atoms with Crippen LogP contribution in [0.2, 0.25) is 5.02 Å². The number of benzene rings is 2. The highest BCUT2D eigenvalue weighted by Crippen LogP contribution is 2.26. The molecule has 0 aliphatic rings. The van der Waals surface area contributed by atoms with Gasteiger partial charge in [-0.1, -0.05) is 57.9 Å². The van der Waals surface area contributed by atoms with Crippen molar-refractivity contribution in [2.75, 3.05) is 5.32 Å². The Labute approximate surface area is 148 Å². The Morgan fingerprint density at radius 3 is 2.48 bits per heavy atom. The Bertz CT molecular complexity index is 707. The second-order valence-electron chi connectivity index (χ2n) is 5.04. The van der Waals surface area contributed by atoms with Crippen LogP contribution in [0.1, 0.15) is 24.9 Å². The van der Waals surface area contributed by atoms with Crippen LogP contribution in [0.3, 0.4) is 0 Å². The van der Waals surface area contributed by atoms with Crippen LogP contribution in [0, 0.1) is 0 Å². The quantitative estimate of drug-likeness (QED) is 0.792. The third-order valence-corrected chi connectivity index (χ3v) is 3.98. The summed E-state index contributed by atoms with van der Waals surface area (Å²) in [7, 11) is 0. The van der Waals surface area contributed by atoms with Crippen LogP contribution >= 0.6 is 27.5 Å². The van der Waals surface area contributed by atoms with Crippen molar-refractivity contribution in [3.8, 4) is 0 Å². The molecular formula is C17H16BrClN2O2. The van der Waals surface area contributed by atoms with Crippen LogP contribution in [0.25, 0.3) is 0 Å². The third-order valence-electron chi connectivity index (χ3n) is 3.17. The Hall–Kier alpha value is -1.85. The number of nitrogens with one attached hydrogen (secondary N) is 2. The number of carbonyl (C=O) groups is 2. The fraction of sp³-hybridized carbons (Fsp3) is 0.176. The van der Waals surface area contributed by atoms with Crippen molar-refractivity contribution in [3.63, 3.8) is 0 Å². The minimum Gasteiger partial charge on any atom is -0.349 e. The van der Waals surface area contributed by atoms with Gasteiger partial charge in [-0.15, -0.1) is 0 Å². The van der Waals surface area contributed by atoms with Gasteiger partial charge < -0.3 is 10.6 Å². The van der Waals surface area contributed by atoms with E-state index in [4.69, 9.17) is 11.6 Å². The van der Waals surface area contributed by atoms with E-state index in [-0.39, 0.29) is 24.3 Å². The lowest BCUT2D eigenvalue weighted by Gasteiger charge is -2.18. The van der Waals surface area contributed by atoms with Crippen LogP contribution in [-0.4, -0.2) is 11.8 Å². The average Bonchev–Trinajstić information content (AvgIpc) is 2.50. The third kappa shape index (κ3) is 5.37. The van der Waals surface area contributed by atoms with Gasteiger partial charge in [0, 0.05) is 11.4 Å². The van der Waals surface area contributed by atoms with Gasteiger partial charge in [0.25, 0.3) is 0 Å². The molecule has 2 N–H and O–H groups in total. The molecule has 2 rings (SSSR count). The first-order valence-corrected chi connectivity index (χ1v) is 8.20. The van der Waals surface area contributed by atoms with Crippen molar-refractivity contribution < 1.29 is 9.59 Å². The lowest BCUT2D eigenvalue weighted by Crippen LogP contribution is -2.29. The fourth-order valence-electron chi connectivity index (χ4n) is 2.16. The maximum atomic E-state index is 12.3. The van der Waals surface area contributed by atoms with Gasteiger partial charge >= 0.3 is 0 Å². The van der Waals surface area contributed by atoms with Gasteiger partial charge in [-0.25, -0.2) is 0 Å². The maximum absolute atomic E-state index is 12.3. The molecule has 0 saturated heterocycles. The summed E-state index contributed by atoms with van der Waals surface area (Å²) < 4.78 is 0.834. The summed E-state index contributed by atoms with van der Waals surface area (Å²) >= 11 is 9.41. The van der Waals surface area contributed by atoms with E-state index in [2.05, 4.69) is 26.6 Å². The van der Waals surface area contributed by atoms with Crippen molar-refractivity contribution >= 4 is 45.0 Å². The van der Waals surface area contributed by atoms with Crippen LogP contribution in [0.5, 0.6) is 0 Å². The van der Waals surface area contributed by atoms with Crippen LogP contribution < -0.4 is 10.6 Å². The molecule has 0 aliphatic carbocycles. The molecule has 23 heavy (non-hydrogen) atoms. The SMILES string of the molecule is CC(=O)NC(CC(=O)Nc1ccc(Br)cc1Cl)c1ccccc1. The van der Waals surface area contributed by atoms with Gasteiger partial charge in [0.15, 0.2) is 0 Å². The molecule has 0 radical (unpaired) electrons. The van der Waals surface area contributed by atoms with Gasteiger partial charge in [-0.3, -0.25) is 9.59 Å². The van der Waals surface area contributed by atoms with Gasteiger partial charge in [0.05, 0.1) is 23.2 Å². The highest BCUT2D eigenvalue weighted by molar-refractivity contribution is 9.10. The van der Waals surface area contributed by atoms with E-state index in [9.17, 15) is 9.59 Å². The molecule has 0 fully saturated rings. The number of hydrogen-bond acceptors (Lipinski definition) is 2. The van der Waals surface area contributed by atoms with Crippen molar-refractivity contribution in [3.05, 3.63) is 63.6 Å². The summed E-state index contributed by atoms with van der Waals surface area (Å²) in [6.07, 6.45) is 0.121. The first-order chi connectivity index (χ1) is 11.0. The summed E-state index contributed by atoms with van der Waals surface area (Å²) in [5.74, 6) is -0.412. The standard InChI is InChI=1S/C17H16BrClN2O2/c1-11(22)20-16(12-5-3-2-4-6-12)10-17(23)21-15-8-7-13(18)9-14(15)19/h2-9,16H,10H2,1H3,(H,20,22)(H,21,23). The number of carbonyl (C=O) groups excluding carboxylic acids is 2. The van der Waals surface area contributed by atoms with E-state index < -0.39 is 0 Å². The first kappa shape index (κ1) is 17.5. The zero-order valence-corrected chi connectivity index (χ0v) is 14.8. The molecule has 0 spiro atoms. The van der Waals surface area contributed by atoms with Crippen molar-refractivity contribution in [2.24, 2.45) is 0 Å². The largest absolute Gasteiger partial charge is 0.349 e. The minimum atomic E-state index is -0.386. The van der Waals surface area contributed by atoms with Gasteiger partial charge in [-0.2, -0.15) is 0 Å². The first-order valence-electron chi connectivity index (χ1n) is 7.02. The highest BCUT2D eigenvalue weighted by Gasteiger charge is 2.17. The summed E-state index contributed by atoms with van der Waals surface area (Å²) in [6.45, 7) is 1.43. The molecule has 120 valence electrons. The number of amides is 2. The van der Waals surface area contributed by atoms with Crippen LogP contribution in [-0.2, 0) is 9.59 Å². The number of hydrogen-bond donors (Lipinski definition) is 2. The maximum Gasteiger partial charge on any atom is 0.226 e. The molecule has 0 saturated carbocycles. The Morgan fingerprint density at radius 2 is 1.87 bits per heavy atom. The van der Waals surface area contributed by atoms with Gasteiger partial charge in [0.1, 0.15) is 0 Å². The summed E-state index contributed by atoms with van der Waals surface area (Å²) in [4.78, 5) is 23.7. The molecule has 6 heteroatoms. The topological polar surface area (TPSA) is 58.2 Å². The zero-order chi connectivity index (χ0) is 16.8. The van der Waals surface area contributed by atoms with Crippen molar-refractivity contribution in [1.29, 1.82) is 0 Å². The summed E-state index contributed by atoms with van der Waals surface area (Å²) in [5.41, 5.74) is 1.41. The predicted octanol–water partition coefficient (Wildman–Crippen LogP) is 4.31. The second-order valence-corrected chi connectivity index (χ2v) is 6.36. The van der Waals surface area contributed by atoms with Crippen LogP contribution in [0.4, 0.5) is 5.69 Å². The molecule has 2 aromatic carbocycles. The second kappa shape index (κ2) is 8.13. The Morgan fingerprint density at radius 1 is 1.17 bits per heavy atom.